The lowest BCUT2D eigenvalue weighted by atomic mass is 10.0. The first-order valence-electron chi connectivity index (χ1n) is 6.63. The molecule has 2 N–H and O–H groups in total. The van der Waals surface area contributed by atoms with Crippen molar-refractivity contribution < 1.29 is 9.90 Å². The number of aromatic hydroxyl groups is 1. The van der Waals surface area contributed by atoms with Crippen LogP contribution in [0.15, 0.2) is 18.3 Å². The molecule has 1 heterocycles. The van der Waals surface area contributed by atoms with Crippen LogP contribution in [0.5, 0.6) is 5.75 Å². The summed E-state index contributed by atoms with van der Waals surface area (Å²) >= 11 is 0. The van der Waals surface area contributed by atoms with Crippen LogP contribution in [0.2, 0.25) is 0 Å². The Morgan fingerprint density at radius 3 is 2.78 bits per heavy atom. The fraction of sp³-hybridized carbons (Fsp3) is 0.571. The number of hydrogen-bond donors (Lipinski definition) is 2. The van der Waals surface area contributed by atoms with Gasteiger partial charge in [0.15, 0.2) is 5.69 Å². The summed E-state index contributed by atoms with van der Waals surface area (Å²) in [4.78, 5) is 15.9. The summed E-state index contributed by atoms with van der Waals surface area (Å²) < 4.78 is 0. The third kappa shape index (κ3) is 4.35. The highest BCUT2D eigenvalue weighted by Crippen LogP contribution is 2.14. The summed E-state index contributed by atoms with van der Waals surface area (Å²) in [5.74, 6) is -0.358. The van der Waals surface area contributed by atoms with Crippen LogP contribution in [0.1, 0.15) is 56.4 Å². The normalized spacial score (nSPS) is 12.1. The van der Waals surface area contributed by atoms with E-state index < -0.39 is 0 Å². The maximum atomic E-state index is 12.0. The van der Waals surface area contributed by atoms with E-state index in [1.807, 2.05) is 0 Å². The van der Waals surface area contributed by atoms with Crippen LogP contribution in [0.25, 0.3) is 0 Å². The van der Waals surface area contributed by atoms with Crippen LogP contribution >= 0.6 is 0 Å². The molecular weight excluding hydrogens is 228 g/mol. The van der Waals surface area contributed by atoms with E-state index in [1.54, 1.807) is 6.07 Å². The molecule has 1 aromatic heterocycles. The van der Waals surface area contributed by atoms with Crippen molar-refractivity contribution in [1.29, 1.82) is 0 Å². The standard InChI is InChI=1S/C14H22N2O2/c1-3-5-8-11(7-4-2)16-14(18)13-12(17)9-6-10-15-13/h6,9-11,17H,3-5,7-8H2,1-2H3,(H,16,18). The van der Waals surface area contributed by atoms with Crippen molar-refractivity contribution in [3.05, 3.63) is 24.0 Å². The lowest BCUT2D eigenvalue weighted by Gasteiger charge is -2.17. The number of rotatable bonds is 7. The average Bonchev–Trinajstić information content (AvgIpc) is 2.36. The zero-order valence-corrected chi connectivity index (χ0v) is 11.1. The molecule has 0 fully saturated rings. The minimum Gasteiger partial charge on any atom is -0.505 e. The molecule has 4 nitrogen and oxygen atoms in total. The molecule has 0 aliphatic carbocycles. The largest absolute Gasteiger partial charge is 0.505 e. The number of nitrogens with zero attached hydrogens (tertiary/aromatic N) is 1. The molecule has 0 bridgehead atoms. The van der Waals surface area contributed by atoms with Gasteiger partial charge in [-0.1, -0.05) is 33.1 Å². The first-order valence-corrected chi connectivity index (χ1v) is 6.63. The molecule has 0 aromatic carbocycles. The van der Waals surface area contributed by atoms with Gasteiger partial charge in [-0.05, 0) is 25.0 Å². The third-order valence-electron chi connectivity index (χ3n) is 2.88. The Kier molecular flexibility index (Phi) is 6.19. The third-order valence-corrected chi connectivity index (χ3v) is 2.88. The summed E-state index contributed by atoms with van der Waals surface area (Å²) in [6.45, 7) is 4.23. The van der Waals surface area contributed by atoms with E-state index in [9.17, 15) is 9.90 Å². The van der Waals surface area contributed by atoms with E-state index in [2.05, 4.69) is 24.1 Å². The minimum absolute atomic E-state index is 0.0688. The van der Waals surface area contributed by atoms with Gasteiger partial charge in [-0.25, -0.2) is 4.98 Å². The maximum absolute atomic E-state index is 12.0. The van der Waals surface area contributed by atoms with Crippen LogP contribution in [0.4, 0.5) is 0 Å². The van der Waals surface area contributed by atoms with Crippen LogP contribution in [-0.4, -0.2) is 22.0 Å². The second-order valence-corrected chi connectivity index (χ2v) is 4.47. The Bertz CT molecular complexity index is 380. The Morgan fingerprint density at radius 2 is 2.17 bits per heavy atom. The van der Waals surface area contributed by atoms with E-state index >= 15 is 0 Å². The van der Waals surface area contributed by atoms with Crippen molar-refractivity contribution in [2.24, 2.45) is 0 Å². The molecule has 1 amide bonds. The molecule has 100 valence electrons. The molecule has 0 aliphatic rings. The van der Waals surface area contributed by atoms with Gasteiger partial charge in [0, 0.05) is 12.2 Å². The smallest absolute Gasteiger partial charge is 0.273 e. The Morgan fingerprint density at radius 1 is 1.39 bits per heavy atom. The summed E-state index contributed by atoms with van der Waals surface area (Å²) in [5, 5.41) is 12.5. The first kappa shape index (κ1) is 14.5. The highest BCUT2D eigenvalue weighted by atomic mass is 16.3. The van der Waals surface area contributed by atoms with Crippen molar-refractivity contribution >= 4 is 5.91 Å². The monoisotopic (exact) mass is 250 g/mol. The molecule has 1 atom stereocenters. The van der Waals surface area contributed by atoms with Gasteiger partial charge in [0.1, 0.15) is 5.75 Å². The lowest BCUT2D eigenvalue weighted by molar-refractivity contribution is 0.0924. The van der Waals surface area contributed by atoms with Crippen molar-refractivity contribution in [3.8, 4) is 5.75 Å². The summed E-state index contributed by atoms with van der Waals surface area (Å²) in [6.07, 6.45) is 6.69. The predicted molar refractivity (Wildman–Crippen MR) is 71.6 cm³/mol. The highest BCUT2D eigenvalue weighted by Gasteiger charge is 2.16. The van der Waals surface area contributed by atoms with E-state index in [4.69, 9.17) is 0 Å². The number of nitrogens with one attached hydrogen (secondary N) is 1. The van der Waals surface area contributed by atoms with Crippen molar-refractivity contribution in [3.63, 3.8) is 0 Å². The van der Waals surface area contributed by atoms with Crippen molar-refractivity contribution in [2.45, 2.75) is 52.0 Å². The second-order valence-electron chi connectivity index (χ2n) is 4.47. The maximum Gasteiger partial charge on any atom is 0.273 e. The number of carbonyl (C=O) groups is 1. The predicted octanol–water partition coefficient (Wildman–Crippen LogP) is 2.88. The minimum atomic E-state index is -0.289. The van der Waals surface area contributed by atoms with Crippen molar-refractivity contribution in [2.75, 3.05) is 0 Å². The van der Waals surface area contributed by atoms with Crippen LogP contribution in [0.3, 0.4) is 0 Å². The Balaban J connectivity index is 2.63. The van der Waals surface area contributed by atoms with Crippen LogP contribution in [-0.2, 0) is 0 Å². The van der Waals surface area contributed by atoms with Gasteiger partial charge in [-0.2, -0.15) is 0 Å². The molecular formula is C14H22N2O2. The lowest BCUT2D eigenvalue weighted by Crippen LogP contribution is -2.35. The SMILES string of the molecule is CCCCC(CCC)NC(=O)c1ncccc1O. The topological polar surface area (TPSA) is 62.2 Å². The van der Waals surface area contributed by atoms with Gasteiger partial charge < -0.3 is 10.4 Å². The van der Waals surface area contributed by atoms with E-state index in [0.717, 1.165) is 32.1 Å². The quantitative estimate of drug-likeness (QED) is 0.782. The van der Waals surface area contributed by atoms with Crippen LogP contribution in [0, 0.1) is 0 Å². The zero-order chi connectivity index (χ0) is 13.4. The fourth-order valence-corrected chi connectivity index (χ4v) is 1.91. The molecule has 1 aromatic rings. The molecule has 18 heavy (non-hydrogen) atoms. The number of aromatic nitrogens is 1. The zero-order valence-electron chi connectivity index (χ0n) is 11.1. The summed E-state index contributed by atoms with van der Waals surface area (Å²) in [7, 11) is 0. The van der Waals surface area contributed by atoms with E-state index in [-0.39, 0.29) is 23.4 Å². The molecule has 1 rings (SSSR count). The Hall–Kier alpha value is -1.58. The van der Waals surface area contributed by atoms with Gasteiger partial charge in [0.25, 0.3) is 5.91 Å². The number of carbonyl (C=O) groups excluding carboxylic acids is 1. The molecule has 0 saturated carbocycles. The van der Waals surface area contributed by atoms with Gasteiger partial charge in [0.2, 0.25) is 0 Å². The van der Waals surface area contributed by atoms with Gasteiger partial charge >= 0.3 is 0 Å². The van der Waals surface area contributed by atoms with Gasteiger partial charge in [-0.15, -0.1) is 0 Å². The van der Waals surface area contributed by atoms with Crippen molar-refractivity contribution in [1.82, 2.24) is 10.3 Å². The fourth-order valence-electron chi connectivity index (χ4n) is 1.91. The molecule has 4 heteroatoms. The summed E-state index contributed by atoms with van der Waals surface area (Å²) in [5.41, 5.74) is 0.107. The number of pyridine rings is 1. The number of unbranched alkanes of at least 4 members (excludes halogenated alkanes) is 1. The van der Waals surface area contributed by atoms with E-state index in [0.29, 0.717) is 0 Å². The van der Waals surface area contributed by atoms with Crippen LogP contribution < -0.4 is 5.32 Å². The second kappa shape index (κ2) is 7.69. The highest BCUT2D eigenvalue weighted by molar-refractivity contribution is 5.94. The average molecular weight is 250 g/mol. The van der Waals surface area contributed by atoms with E-state index in [1.165, 1.54) is 12.3 Å². The molecule has 0 radical (unpaired) electrons. The molecule has 1 unspecified atom stereocenters. The summed E-state index contributed by atoms with van der Waals surface area (Å²) in [6, 6.07) is 3.25. The first-order chi connectivity index (χ1) is 8.69. The molecule has 0 spiro atoms. The number of amides is 1. The molecule has 0 aliphatic heterocycles. The van der Waals surface area contributed by atoms with Gasteiger partial charge in [-0.3, -0.25) is 4.79 Å². The van der Waals surface area contributed by atoms with Gasteiger partial charge in [0.05, 0.1) is 0 Å². The number of hydrogen-bond acceptors (Lipinski definition) is 3. The molecule has 0 saturated heterocycles. The Labute approximate surface area is 108 Å².